The molecule has 1 radical (unpaired) electrons. The molecular weight excluding hydrogens is 156 g/mol. The third-order valence-corrected chi connectivity index (χ3v) is 3.12. The zero-order chi connectivity index (χ0) is 8.93. The maximum atomic E-state index is 3.61. The minimum atomic E-state index is 1.20. The summed E-state index contributed by atoms with van der Waals surface area (Å²) in [6.07, 6.45) is 18.1. The van der Waals surface area contributed by atoms with Crippen LogP contribution in [0.5, 0.6) is 0 Å². The molecule has 0 atom stereocenters. The van der Waals surface area contributed by atoms with Crippen molar-refractivity contribution in [2.45, 2.75) is 57.8 Å². The second kappa shape index (κ2) is 4.64. The van der Waals surface area contributed by atoms with Gasteiger partial charge in [-0.3, -0.25) is 0 Å². The van der Waals surface area contributed by atoms with Crippen LogP contribution in [-0.2, 0) is 0 Å². The van der Waals surface area contributed by atoms with E-state index < -0.39 is 0 Å². The summed E-state index contributed by atoms with van der Waals surface area (Å²) in [7, 11) is 0. The van der Waals surface area contributed by atoms with Crippen LogP contribution in [0.25, 0.3) is 0 Å². The highest BCUT2D eigenvalue weighted by Gasteiger charge is 2.10. The van der Waals surface area contributed by atoms with Gasteiger partial charge in [-0.05, 0) is 62.2 Å². The van der Waals surface area contributed by atoms with E-state index in [-0.39, 0.29) is 0 Å². The van der Waals surface area contributed by atoms with Gasteiger partial charge in [-0.1, -0.05) is 18.9 Å². The Morgan fingerprint density at radius 2 is 1.85 bits per heavy atom. The summed E-state index contributed by atoms with van der Waals surface area (Å²) >= 11 is 0. The van der Waals surface area contributed by atoms with Crippen molar-refractivity contribution in [2.24, 2.45) is 0 Å². The third-order valence-electron chi connectivity index (χ3n) is 3.12. The van der Waals surface area contributed by atoms with Gasteiger partial charge in [0.15, 0.2) is 0 Å². The van der Waals surface area contributed by atoms with Crippen molar-refractivity contribution in [3.8, 4) is 0 Å². The first kappa shape index (κ1) is 9.05. The average molecular weight is 175 g/mol. The van der Waals surface area contributed by atoms with Gasteiger partial charge in [0.1, 0.15) is 0 Å². The summed E-state index contributed by atoms with van der Waals surface area (Å²) in [6, 6.07) is 0. The van der Waals surface area contributed by atoms with Crippen LogP contribution in [0, 0.1) is 6.08 Å². The zero-order valence-corrected chi connectivity index (χ0v) is 8.44. The molecule has 2 aliphatic rings. The average Bonchev–Trinajstić information content (AvgIpc) is 2.55. The molecule has 0 spiro atoms. The van der Waals surface area contributed by atoms with E-state index in [0.717, 1.165) is 0 Å². The maximum absolute atomic E-state index is 3.61. The van der Waals surface area contributed by atoms with Gasteiger partial charge in [0.2, 0.25) is 0 Å². The molecule has 0 heterocycles. The molecule has 2 aliphatic carbocycles. The molecule has 0 nitrogen and oxygen atoms in total. The van der Waals surface area contributed by atoms with E-state index in [0.29, 0.717) is 0 Å². The molecule has 0 aromatic rings. The van der Waals surface area contributed by atoms with Crippen LogP contribution in [0.15, 0.2) is 17.2 Å². The van der Waals surface area contributed by atoms with E-state index >= 15 is 0 Å². The first-order valence-electron chi connectivity index (χ1n) is 5.76. The van der Waals surface area contributed by atoms with Crippen LogP contribution in [0.1, 0.15) is 57.8 Å². The van der Waals surface area contributed by atoms with E-state index in [4.69, 9.17) is 0 Å². The van der Waals surface area contributed by atoms with Crippen molar-refractivity contribution in [3.05, 3.63) is 23.3 Å². The van der Waals surface area contributed by atoms with Crippen LogP contribution < -0.4 is 0 Å². The quantitative estimate of drug-likeness (QED) is 0.561. The van der Waals surface area contributed by atoms with Crippen LogP contribution in [0.2, 0.25) is 0 Å². The molecule has 0 heteroatoms. The third kappa shape index (κ3) is 2.46. The molecule has 0 aliphatic heterocycles. The normalized spacial score (nSPS) is 28.6. The number of rotatable bonds is 1. The lowest BCUT2D eigenvalue weighted by Gasteiger charge is -2.11. The molecule has 0 saturated heterocycles. The fraction of sp³-hybridized carbons (Fsp3) is 0.692. The van der Waals surface area contributed by atoms with Gasteiger partial charge in [-0.2, -0.15) is 0 Å². The molecule has 0 saturated carbocycles. The summed E-state index contributed by atoms with van der Waals surface area (Å²) in [4.78, 5) is 0. The Hall–Kier alpha value is -0.520. The van der Waals surface area contributed by atoms with Gasteiger partial charge in [-0.25, -0.2) is 0 Å². The second-order valence-corrected chi connectivity index (χ2v) is 4.19. The molecule has 0 aromatic heterocycles. The van der Waals surface area contributed by atoms with E-state index in [2.05, 4.69) is 12.2 Å². The van der Waals surface area contributed by atoms with Gasteiger partial charge >= 0.3 is 0 Å². The highest BCUT2D eigenvalue weighted by Crippen LogP contribution is 2.29. The lowest BCUT2D eigenvalue weighted by atomic mass is 9.94. The largest absolute Gasteiger partial charge is 0.0810 e. The molecule has 0 unspecified atom stereocenters. The fourth-order valence-electron chi connectivity index (χ4n) is 2.33. The molecule has 0 fully saturated rings. The van der Waals surface area contributed by atoms with Gasteiger partial charge < -0.3 is 0 Å². The van der Waals surface area contributed by atoms with E-state index in [1.807, 2.05) is 0 Å². The second-order valence-electron chi connectivity index (χ2n) is 4.19. The van der Waals surface area contributed by atoms with Crippen molar-refractivity contribution < 1.29 is 0 Å². The van der Waals surface area contributed by atoms with Gasteiger partial charge in [0, 0.05) is 0 Å². The highest BCUT2D eigenvalue weighted by atomic mass is 14.2. The Bertz CT molecular complexity index is 220. The van der Waals surface area contributed by atoms with E-state index in [1.165, 1.54) is 57.8 Å². The minimum Gasteiger partial charge on any atom is -0.0810 e. The molecule has 13 heavy (non-hydrogen) atoms. The lowest BCUT2D eigenvalue weighted by Crippen LogP contribution is -1.93. The Morgan fingerprint density at radius 1 is 0.923 bits per heavy atom. The van der Waals surface area contributed by atoms with Crippen molar-refractivity contribution in [1.29, 1.82) is 0 Å². The first-order chi connectivity index (χ1) is 6.47. The van der Waals surface area contributed by atoms with Gasteiger partial charge in [-0.15, -0.1) is 0 Å². The Kier molecular flexibility index (Phi) is 3.23. The first-order valence-corrected chi connectivity index (χ1v) is 5.76. The SMILES string of the molecule is [C]1=C(/C2=CCCC2)CCCCCC/1. The van der Waals surface area contributed by atoms with Crippen molar-refractivity contribution in [3.63, 3.8) is 0 Å². The standard InChI is InChI=1S/C13H19/c1-2-4-8-12(9-5-3-1)13-10-6-7-11-13/h10H,1-8,11H2. The lowest BCUT2D eigenvalue weighted by molar-refractivity contribution is 0.619. The van der Waals surface area contributed by atoms with Crippen LogP contribution in [0.4, 0.5) is 0 Å². The van der Waals surface area contributed by atoms with Crippen LogP contribution in [0.3, 0.4) is 0 Å². The number of hydrogen-bond donors (Lipinski definition) is 0. The predicted octanol–water partition coefficient (Wildman–Crippen LogP) is 4.18. The highest BCUT2D eigenvalue weighted by molar-refractivity contribution is 5.31. The molecule has 0 aromatic carbocycles. The fourth-order valence-corrected chi connectivity index (χ4v) is 2.33. The zero-order valence-electron chi connectivity index (χ0n) is 8.44. The smallest absolute Gasteiger partial charge is 0.0273 e. The summed E-state index contributed by atoms with van der Waals surface area (Å²) in [5, 5.41) is 0. The molecule has 0 bridgehead atoms. The van der Waals surface area contributed by atoms with Crippen molar-refractivity contribution >= 4 is 0 Å². The van der Waals surface area contributed by atoms with Gasteiger partial charge in [0.25, 0.3) is 0 Å². The molecular formula is C13H19. The Balaban J connectivity index is 2.01. The van der Waals surface area contributed by atoms with Crippen molar-refractivity contribution in [2.75, 3.05) is 0 Å². The summed E-state index contributed by atoms with van der Waals surface area (Å²) in [5.41, 5.74) is 3.19. The summed E-state index contributed by atoms with van der Waals surface area (Å²) in [6.45, 7) is 0. The minimum absolute atomic E-state index is 1.20. The van der Waals surface area contributed by atoms with Crippen LogP contribution >= 0.6 is 0 Å². The van der Waals surface area contributed by atoms with Gasteiger partial charge in [0.05, 0.1) is 0 Å². The number of hydrogen-bond acceptors (Lipinski definition) is 0. The molecule has 0 amide bonds. The molecule has 2 rings (SSSR count). The summed E-state index contributed by atoms with van der Waals surface area (Å²) < 4.78 is 0. The van der Waals surface area contributed by atoms with E-state index in [9.17, 15) is 0 Å². The van der Waals surface area contributed by atoms with Crippen LogP contribution in [-0.4, -0.2) is 0 Å². The van der Waals surface area contributed by atoms with Crippen molar-refractivity contribution in [1.82, 2.24) is 0 Å². The maximum Gasteiger partial charge on any atom is -0.0273 e. The topological polar surface area (TPSA) is 0 Å². The molecule has 71 valence electrons. The predicted molar refractivity (Wildman–Crippen MR) is 56.4 cm³/mol. The Labute approximate surface area is 81.7 Å². The van der Waals surface area contributed by atoms with E-state index in [1.54, 1.807) is 11.1 Å². The molecule has 0 N–H and O–H groups in total. The monoisotopic (exact) mass is 175 g/mol. The summed E-state index contributed by atoms with van der Waals surface area (Å²) in [5.74, 6) is 0. The Morgan fingerprint density at radius 3 is 2.69 bits per heavy atom. The number of allylic oxidation sites excluding steroid dienone is 4.